The second-order valence-electron chi connectivity index (χ2n) is 3.07. The number of aliphatic hydroxyl groups is 1. The number of aliphatic hydroxyl groups excluding tert-OH is 1. The van der Waals surface area contributed by atoms with Gasteiger partial charge in [-0.3, -0.25) is 4.98 Å². The summed E-state index contributed by atoms with van der Waals surface area (Å²) in [5.41, 5.74) is 0.220. The molecular formula is C10H16N2O3. The molecule has 5 nitrogen and oxygen atoms in total. The number of carbonyl (C=O) groups is 1. The SMILES string of the molecule is CN(C)CCO.O=C(O)c1cccnc1. The van der Waals surface area contributed by atoms with Crippen LogP contribution in [0.1, 0.15) is 10.4 Å². The van der Waals surface area contributed by atoms with Gasteiger partial charge in [-0.25, -0.2) is 4.79 Å². The number of likely N-dealkylation sites (N-methyl/N-ethyl adjacent to an activating group) is 1. The van der Waals surface area contributed by atoms with Crippen LogP contribution in [0.5, 0.6) is 0 Å². The Hall–Kier alpha value is -1.46. The van der Waals surface area contributed by atoms with E-state index in [4.69, 9.17) is 10.2 Å². The lowest BCUT2D eigenvalue weighted by molar-refractivity contribution is 0.0696. The molecule has 1 rings (SSSR count). The normalized spacial score (nSPS) is 9.33. The van der Waals surface area contributed by atoms with E-state index in [1.54, 1.807) is 6.07 Å². The van der Waals surface area contributed by atoms with E-state index < -0.39 is 5.97 Å². The highest BCUT2D eigenvalue weighted by atomic mass is 16.4. The van der Waals surface area contributed by atoms with Crippen molar-refractivity contribution < 1.29 is 15.0 Å². The first-order valence-electron chi connectivity index (χ1n) is 4.47. The van der Waals surface area contributed by atoms with Crippen LogP contribution >= 0.6 is 0 Å². The van der Waals surface area contributed by atoms with Gasteiger partial charge in [0.25, 0.3) is 0 Å². The first kappa shape index (κ1) is 13.5. The van der Waals surface area contributed by atoms with E-state index in [9.17, 15) is 4.79 Å². The largest absolute Gasteiger partial charge is 0.478 e. The van der Waals surface area contributed by atoms with Crippen molar-refractivity contribution in [2.75, 3.05) is 27.2 Å². The summed E-state index contributed by atoms with van der Waals surface area (Å²) in [4.78, 5) is 15.7. The number of carboxylic acid groups (broad SMARTS) is 1. The fraction of sp³-hybridized carbons (Fsp3) is 0.400. The molecule has 0 aliphatic carbocycles. The van der Waals surface area contributed by atoms with Crippen molar-refractivity contribution in [3.05, 3.63) is 30.1 Å². The Bertz CT molecular complexity index is 275. The molecule has 0 aliphatic rings. The lowest BCUT2D eigenvalue weighted by atomic mass is 10.3. The number of aromatic nitrogens is 1. The first-order chi connectivity index (χ1) is 7.07. The molecule has 1 heterocycles. The number of aromatic carboxylic acids is 1. The standard InChI is InChI=1S/C6H5NO2.C4H11NO/c8-6(9)5-2-1-3-7-4-5;1-5(2)3-4-6/h1-4H,(H,8,9);6H,3-4H2,1-2H3. The van der Waals surface area contributed by atoms with E-state index in [-0.39, 0.29) is 12.2 Å². The van der Waals surface area contributed by atoms with Crippen LogP contribution in [-0.4, -0.2) is 53.3 Å². The Morgan fingerprint density at radius 3 is 2.40 bits per heavy atom. The second kappa shape index (κ2) is 7.90. The van der Waals surface area contributed by atoms with Gasteiger partial charge in [0.1, 0.15) is 0 Å². The van der Waals surface area contributed by atoms with Gasteiger partial charge < -0.3 is 15.1 Å². The van der Waals surface area contributed by atoms with Gasteiger partial charge in [0.2, 0.25) is 0 Å². The van der Waals surface area contributed by atoms with Crippen LogP contribution in [0.2, 0.25) is 0 Å². The Kier molecular flexibility index (Phi) is 7.13. The molecule has 2 N–H and O–H groups in total. The molecule has 1 aromatic rings. The molecule has 0 saturated carbocycles. The third-order valence-corrected chi connectivity index (χ3v) is 1.46. The molecule has 15 heavy (non-hydrogen) atoms. The highest BCUT2D eigenvalue weighted by Gasteiger charge is 1.97. The van der Waals surface area contributed by atoms with Crippen molar-refractivity contribution >= 4 is 5.97 Å². The minimum absolute atomic E-state index is 0.220. The molecular weight excluding hydrogens is 196 g/mol. The highest BCUT2D eigenvalue weighted by Crippen LogP contribution is 1.92. The predicted octanol–water partition coefficient (Wildman–Crippen LogP) is 0.320. The summed E-state index contributed by atoms with van der Waals surface area (Å²) in [6.07, 6.45) is 2.84. The number of hydrogen-bond donors (Lipinski definition) is 2. The van der Waals surface area contributed by atoms with Gasteiger partial charge in [0.15, 0.2) is 0 Å². The minimum atomic E-state index is -0.942. The maximum Gasteiger partial charge on any atom is 0.337 e. The van der Waals surface area contributed by atoms with Crippen LogP contribution in [0, 0.1) is 0 Å². The summed E-state index contributed by atoms with van der Waals surface area (Å²) >= 11 is 0. The van der Waals surface area contributed by atoms with Gasteiger partial charge in [0.05, 0.1) is 12.2 Å². The van der Waals surface area contributed by atoms with Crippen molar-refractivity contribution in [2.45, 2.75) is 0 Å². The van der Waals surface area contributed by atoms with Crippen molar-refractivity contribution in [2.24, 2.45) is 0 Å². The summed E-state index contributed by atoms with van der Waals surface area (Å²) < 4.78 is 0. The molecule has 84 valence electrons. The maximum absolute atomic E-state index is 10.2. The van der Waals surface area contributed by atoms with Gasteiger partial charge in [-0.15, -0.1) is 0 Å². The number of hydrogen-bond acceptors (Lipinski definition) is 4. The van der Waals surface area contributed by atoms with Crippen LogP contribution in [0.3, 0.4) is 0 Å². The van der Waals surface area contributed by atoms with E-state index >= 15 is 0 Å². The van der Waals surface area contributed by atoms with Crippen LogP contribution < -0.4 is 0 Å². The van der Waals surface area contributed by atoms with Gasteiger partial charge in [-0.05, 0) is 26.2 Å². The number of nitrogens with zero attached hydrogens (tertiary/aromatic N) is 2. The summed E-state index contributed by atoms with van der Waals surface area (Å²) in [5.74, 6) is -0.942. The van der Waals surface area contributed by atoms with Crippen molar-refractivity contribution in [3.8, 4) is 0 Å². The van der Waals surface area contributed by atoms with Gasteiger partial charge in [-0.2, -0.15) is 0 Å². The zero-order chi connectivity index (χ0) is 11.7. The Labute approximate surface area is 89.0 Å². The zero-order valence-electron chi connectivity index (χ0n) is 8.92. The molecule has 0 atom stereocenters. The van der Waals surface area contributed by atoms with Crippen molar-refractivity contribution in [1.29, 1.82) is 0 Å². The van der Waals surface area contributed by atoms with Crippen LogP contribution in [-0.2, 0) is 0 Å². The number of carboxylic acids is 1. The lowest BCUT2D eigenvalue weighted by Crippen LogP contribution is -2.15. The van der Waals surface area contributed by atoms with E-state index in [1.165, 1.54) is 18.5 Å². The van der Waals surface area contributed by atoms with Gasteiger partial charge in [-0.1, -0.05) is 0 Å². The van der Waals surface area contributed by atoms with E-state index in [2.05, 4.69) is 4.98 Å². The summed E-state index contributed by atoms with van der Waals surface area (Å²) in [6, 6.07) is 3.08. The molecule has 1 aromatic heterocycles. The topological polar surface area (TPSA) is 73.7 Å². The highest BCUT2D eigenvalue weighted by molar-refractivity contribution is 5.86. The minimum Gasteiger partial charge on any atom is -0.478 e. The zero-order valence-corrected chi connectivity index (χ0v) is 8.92. The smallest absolute Gasteiger partial charge is 0.337 e. The quantitative estimate of drug-likeness (QED) is 0.754. The fourth-order valence-electron chi connectivity index (χ4n) is 0.689. The molecule has 0 spiro atoms. The average Bonchev–Trinajstić information content (AvgIpc) is 2.20. The molecule has 5 heteroatoms. The van der Waals surface area contributed by atoms with Crippen molar-refractivity contribution in [3.63, 3.8) is 0 Å². The summed E-state index contributed by atoms with van der Waals surface area (Å²) in [7, 11) is 3.85. The Morgan fingerprint density at radius 1 is 1.53 bits per heavy atom. The molecule has 0 fully saturated rings. The number of rotatable bonds is 3. The molecule has 0 amide bonds. The van der Waals surface area contributed by atoms with E-state index in [0.29, 0.717) is 0 Å². The fourth-order valence-corrected chi connectivity index (χ4v) is 0.689. The molecule has 0 radical (unpaired) electrons. The van der Waals surface area contributed by atoms with Crippen molar-refractivity contribution in [1.82, 2.24) is 9.88 Å². The van der Waals surface area contributed by atoms with Gasteiger partial charge in [0, 0.05) is 18.9 Å². The van der Waals surface area contributed by atoms with E-state index in [0.717, 1.165) is 6.54 Å². The molecule has 0 bridgehead atoms. The van der Waals surface area contributed by atoms with Crippen LogP contribution in [0.15, 0.2) is 24.5 Å². The molecule has 0 aromatic carbocycles. The monoisotopic (exact) mass is 212 g/mol. The third-order valence-electron chi connectivity index (χ3n) is 1.46. The molecule has 0 saturated heterocycles. The Balaban J connectivity index is 0.000000288. The average molecular weight is 212 g/mol. The first-order valence-corrected chi connectivity index (χ1v) is 4.47. The maximum atomic E-state index is 10.2. The molecule has 0 unspecified atom stereocenters. The second-order valence-corrected chi connectivity index (χ2v) is 3.07. The summed E-state index contributed by atoms with van der Waals surface area (Å²) in [5, 5.41) is 16.5. The predicted molar refractivity (Wildman–Crippen MR) is 56.8 cm³/mol. The van der Waals surface area contributed by atoms with Crippen LogP contribution in [0.4, 0.5) is 0 Å². The summed E-state index contributed by atoms with van der Waals surface area (Å²) in [6.45, 7) is 1.02. The Morgan fingerprint density at radius 2 is 2.20 bits per heavy atom. The van der Waals surface area contributed by atoms with Crippen LogP contribution in [0.25, 0.3) is 0 Å². The lowest BCUT2D eigenvalue weighted by Gasteiger charge is -2.03. The van der Waals surface area contributed by atoms with Gasteiger partial charge >= 0.3 is 5.97 Å². The molecule has 0 aliphatic heterocycles. The third kappa shape index (κ3) is 7.60. The number of pyridine rings is 1. The van der Waals surface area contributed by atoms with E-state index in [1.807, 2.05) is 19.0 Å².